The van der Waals surface area contributed by atoms with Gasteiger partial charge in [-0.2, -0.15) is 5.10 Å². The number of carbonyl (C=O) groups excluding carboxylic acids is 1. The van der Waals surface area contributed by atoms with Crippen molar-refractivity contribution in [3.05, 3.63) is 112 Å². The van der Waals surface area contributed by atoms with Gasteiger partial charge >= 0.3 is 0 Å². The summed E-state index contributed by atoms with van der Waals surface area (Å²) in [5.74, 6) is -0.485. The van der Waals surface area contributed by atoms with E-state index in [0.717, 1.165) is 11.1 Å². The van der Waals surface area contributed by atoms with Gasteiger partial charge in [0.1, 0.15) is 0 Å². The zero-order valence-electron chi connectivity index (χ0n) is 15.8. The maximum Gasteiger partial charge on any atom is 0.270 e. The van der Waals surface area contributed by atoms with Crippen LogP contribution >= 0.6 is 0 Å². The lowest BCUT2D eigenvalue weighted by atomic mass is 9.92. The number of benzene rings is 3. The number of nitro benzene ring substituents is 1. The van der Waals surface area contributed by atoms with E-state index in [1.807, 2.05) is 60.7 Å². The van der Waals surface area contributed by atoms with Crippen molar-refractivity contribution in [3.8, 4) is 0 Å². The van der Waals surface area contributed by atoms with E-state index in [9.17, 15) is 14.9 Å². The van der Waals surface area contributed by atoms with E-state index in [-0.39, 0.29) is 17.5 Å². The Hall–Kier alpha value is -3.80. The molecule has 1 N–H and O–H groups in total. The van der Waals surface area contributed by atoms with Crippen LogP contribution in [-0.4, -0.2) is 17.0 Å². The van der Waals surface area contributed by atoms with Crippen LogP contribution in [0, 0.1) is 16.0 Å². The summed E-state index contributed by atoms with van der Waals surface area (Å²) in [6, 6.07) is 25.8. The van der Waals surface area contributed by atoms with Crippen LogP contribution in [0.1, 0.15) is 16.7 Å². The molecule has 6 nitrogen and oxygen atoms in total. The third kappa shape index (κ3) is 6.10. The van der Waals surface area contributed by atoms with Crippen molar-refractivity contribution < 1.29 is 9.72 Å². The first kappa shape index (κ1) is 19.9. The molecule has 29 heavy (non-hydrogen) atoms. The van der Waals surface area contributed by atoms with Gasteiger partial charge in [-0.3, -0.25) is 14.9 Å². The molecule has 0 fully saturated rings. The van der Waals surface area contributed by atoms with E-state index in [0.29, 0.717) is 18.4 Å². The molecular formula is C23H21N3O3. The van der Waals surface area contributed by atoms with Crippen LogP contribution in [0.5, 0.6) is 0 Å². The molecule has 3 rings (SSSR count). The second-order valence-electron chi connectivity index (χ2n) is 6.66. The van der Waals surface area contributed by atoms with Crippen molar-refractivity contribution in [3.63, 3.8) is 0 Å². The standard InChI is InChI=1S/C23H21N3O3/c27-23(25-24-17-20-12-7-13-22(16-20)26(28)29)21(14-18-8-3-1-4-9-18)15-19-10-5-2-6-11-19/h1-13,16-17,21H,14-15H2,(H,25,27). The highest BCUT2D eigenvalue weighted by Crippen LogP contribution is 2.16. The first-order chi connectivity index (χ1) is 14.1. The predicted octanol–water partition coefficient (Wildman–Crippen LogP) is 4.15. The van der Waals surface area contributed by atoms with Crippen molar-refractivity contribution in [2.45, 2.75) is 12.8 Å². The van der Waals surface area contributed by atoms with Crippen molar-refractivity contribution in [2.24, 2.45) is 11.0 Å². The zero-order chi connectivity index (χ0) is 20.5. The minimum Gasteiger partial charge on any atom is -0.273 e. The van der Waals surface area contributed by atoms with Crippen LogP contribution in [0.4, 0.5) is 5.69 Å². The van der Waals surface area contributed by atoms with Gasteiger partial charge in [-0.1, -0.05) is 72.8 Å². The molecule has 1 amide bonds. The van der Waals surface area contributed by atoms with Crippen LogP contribution < -0.4 is 5.43 Å². The molecule has 0 aliphatic carbocycles. The molecule has 146 valence electrons. The summed E-state index contributed by atoms with van der Waals surface area (Å²) in [6.07, 6.45) is 2.59. The summed E-state index contributed by atoms with van der Waals surface area (Å²) < 4.78 is 0. The summed E-state index contributed by atoms with van der Waals surface area (Å²) >= 11 is 0. The number of nitrogens with zero attached hydrogens (tertiary/aromatic N) is 2. The molecule has 0 unspecified atom stereocenters. The van der Waals surface area contributed by atoms with Crippen molar-refractivity contribution in [2.75, 3.05) is 0 Å². The lowest BCUT2D eigenvalue weighted by Crippen LogP contribution is -2.30. The highest BCUT2D eigenvalue weighted by atomic mass is 16.6. The minimum absolute atomic E-state index is 0.0219. The molecule has 0 aliphatic heterocycles. The summed E-state index contributed by atoms with van der Waals surface area (Å²) in [4.78, 5) is 23.2. The maximum atomic E-state index is 12.8. The molecule has 0 saturated heterocycles. The largest absolute Gasteiger partial charge is 0.273 e. The Labute approximate surface area is 169 Å². The lowest BCUT2D eigenvalue weighted by molar-refractivity contribution is -0.384. The summed E-state index contributed by atoms with van der Waals surface area (Å²) in [6.45, 7) is 0. The number of hydrogen-bond acceptors (Lipinski definition) is 4. The van der Waals surface area contributed by atoms with Crippen LogP contribution in [0.2, 0.25) is 0 Å². The molecule has 0 saturated carbocycles. The SMILES string of the molecule is O=C(NN=Cc1cccc([N+](=O)[O-])c1)C(Cc1ccccc1)Cc1ccccc1. The van der Waals surface area contributed by atoms with Crippen molar-refractivity contribution >= 4 is 17.8 Å². The zero-order valence-corrected chi connectivity index (χ0v) is 15.8. The Morgan fingerprint density at radius 1 is 0.931 bits per heavy atom. The first-order valence-corrected chi connectivity index (χ1v) is 9.27. The Kier molecular flexibility index (Phi) is 6.84. The molecule has 0 atom stereocenters. The molecule has 0 bridgehead atoms. The monoisotopic (exact) mass is 387 g/mol. The van der Waals surface area contributed by atoms with Crippen molar-refractivity contribution in [1.82, 2.24) is 5.43 Å². The molecule has 0 heterocycles. The summed E-state index contributed by atoms with van der Waals surface area (Å²) in [5.41, 5.74) is 5.25. The Morgan fingerprint density at radius 2 is 1.52 bits per heavy atom. The fourth-order valence-electron chi connectivity index (χ4n) is 3.04. The van der Waals surface area contributed by atoms with Crippen molar-refractivity contribution in [1.29, 1.82) is 0 Å². The molecular weight excluding hydrogens is 366 g/mol. The van der Waals surface area contributed by atoms with E-state index >= 15 is 0 Å². The van der Waals surface area contributed by atoms with Gasteiger partial charge < -0.3 is 0 Å². The second-order valence-corrected chi connectivity index (χ2v) is 6.66. The molecule has 3 aromatic carbocycles. The topological polar surface area (TPSA) is 84.6 Å². The fourth-order valence-corrected chi connectivity index (χ4v) is 3.04. The van der Waals surface area contributed by atoms with Gasteiger partial charge in [0.25, 0.3) is 5.69 Å². The molecule has 3 aromatic rings. The average Bonchev–Trinajstić information content (AvgIpc) is 2.75. The fraction of sp³-hybridized carbons (Fsp3) is 0.130. The van der Waals surface area contributed by atoms with Gasteiger partial charge in [-0.05, 0) is 24.0 Å². The normalized spacial score (nSPS) is 10.9. The number of non-ortho nitro benzene ring substituents is 1. The highest BCUT2D eigenvalue weighted by Gasteiger charge is 2.19. The smallest absolute Gasteiger partial charge is 0.270 e. The number of hydrazone groups is 1. The second kappa shape index (κ2) is 9.94. The van der Waals surface area contributed by atoms with E-state index < -0.39 is 4.92 Å². The van der Waals surface area contributed by atoms with E-state index in [2.05, 4.69) is 10.5 Å². The number of carbonyl (C=O) groups is 1. The molecule has 6 heteroatoms. The number of hydrogen-bond donors (Lipinski definition) is 1. The van der Waals surface area contributed by atoms with Crippen LogP contribution in [0.25, 0.3) is 0 Å². The maximum absolute atomic E-state index is 12.8. The van der Waals surface area contributed by atoms with Gasteiger partial charge in [0.05, 0.1) is 11.1 Å². The molecule has 0 aromatic heterocycles. The molecule has 0 spiro atoms. The van der Waals surface area contributed by atoms with Gasteiger partial charge in [-0.15, -0.1) is 0 Å². The average molecular weight is 387 g/mol. The Balaban J connectivity index is 1.70. The third-order valence-electron chi connectivity index (χ3n) is 4.49. The van der Waals surface area contributed by atoms with E-state index in [4.69, 9.17) is 0 Å². The van der Waals surface area contributed by atoms with Crippen LogP contribution in [0.3, 0.4) is 0 Å². The number of nitro groups is 1. The van der Waals surface area contributed by atoms with Gasteiger partial charge in [0.2, 0.25) is 5.91 Å². The minimum atomic E-state index is -0.467. The number of nitrogens with one attached hydrogen (secondary N) is 1. The van der Waals surface area contributed by atoms with Crippen LogP contribution in [0.15, 0.2) is 90.0 Å². The van der Waals surface area contributed by atoms with E-state index in [1.165, 1.54) is 18.3 Å². The lowest BCUT2D eigenvalue weighted by Gasteiger charge is -2.15. The first-order valence-electron chi connectivity index (χ1n) is 9.27. The van der Waals surface area contributed by atoms with Gasteiger partial charge in [0.15, 0.2) is 0 Å². The predicted molar refractivity (Wildman–Crippen MR) is 113 cm³/mol. The van der Waals surface area contributed by atoms with Gasteiger partial charge in [-0.25, -0.2) is 5.43 Å². The van der Waals surface area contributed by atoms with E-state index in [1.54, 1.807) is 12.1 Å². The number of rotatable bonds is 8. The number of amides is 1. The summed E-state index contributed by atoms with van der Waals surface area (Å²) in [5, 5.41) is 14.9. The Bertz CT molecular complexity index is 947. The third-order valence-corrected chi connectivity index (χ3v) is 4.49. The summed E-state index contributed by atoms with van der Waals surface area (Å²) in [7, 11) is 0. The quantitative estimate of drug-likeness (QED) is 0.358. The molecule has 0 aliphatic rings. The van der Waals surface area contributed by atoms with Gasteiger partial charge in [0, 0.05) is 23.6 Å². The highest BCUT2D eigenvalue weighted by molar-refractivity contribution is 5.84. The molecule has 0 radical (unpaired) electrons. The van der Waals surface area contributed by atoms with Crippen LogP contribution in [-0.2, 0) is 17.6 Å². The Morgan fingerprint density at radius 3 is 2.07 bits per heavy atom.